The van der Waals surface area contributed by atoms with Crippen LogP contribution >= 0.6 is 0 Å². The number of Topliss-reactive ketones (excluding diaryl/α,β-unsaturated/α-hetero) is 1. The summed E-state index contributed by atoms with van der Waals surface area (Å²) in [7, 11) is 1.26. The molecule has 0 aromatic heterocycles. The quantitative estimate of drug-likeness (QED) is 0.0470. The number of alkyl carbamates (subject to hydrolysis) is 1. The molecule has 348 valence electrons. The number of aliphatic carboxylic acids is 1. The van der Waals surface area contributed by atoms with Gasteiger partial charge in [-0.1, -0.05) is 18.2 Å². The van der Waals surface area contributed by atoms with E-state index in [9.17, 15) is 80.0 Å². The van der Waals surface area contributed by atoms with Gasteiger partial charge in [0.15, 0.2) is 29.7 Å². The van der Waals surface area contributed by atoms with Crippen molar-refractivity contribution in [3.63, 3.8) is 0 Å². The molecule has 2 aliphatic carbocycles. The van der Waals surface area contributed by atoms with Gasteiger partial charge in [0.25, 0.3) is 0 Å². The Morgan fingerprint density at radius 2 is 1.65 bits per heavy atom. The molecular weight excluding hydrogens is 872 g/mol. The number of carbonyl (C=O) groups is 5. The van der Waals surface area contributed by atoms with Gasteiger partial charge in [0, 0.05) is 42.0 Å². The first-order valence-electron chi connectivity index (χ1n) is 19.7. The van der Waals surface area contributed by atoms with Crippen molar-refractivity contribution in [1.29, 1.82) is 0 Å². The van der Waals surface area contributed by atoms with E-state index in [1.54, 1.807) is 0 Å². The van der Waals surface area contributed by atoms with Crippen LogP contribution in [-0.2, 0) is 41.6 Å². The van der Waals surface area contributed by atoms with E-state index in [4.69, 9.17) is 28.4 Å². The maximum atomic E-state index is 14.0. The zero-order valence-electron chi connectivity index (χ0n) is 34.1. The maximum Gasteiger partial charge on any atom is 0.407 e. The number of nitrogens with zero attached hydrogens (tertiary/aromatic N) is 1. The van der Waals surface area contributed by atoms with Crippen molar-refractivity contribution in [3.8, 4) is 23.0 Å². The minimum absolute atomic E-state index is 0.00142. The van der Waals surface area contributed by atoms with Gasteiger partial charge in [-0.15, -0.1) is 0 Å². The van der Waals surface area contributed by atoms with Crippen molar-refractivity contribution in [2.75, 3.05) is 13.7 Å². The monoisotopic (exact) mass is 914 g/mol. The average molecular weight is 915 g/mol. The smallest absolute Gasteiger partial charge is 0.407 e. The van der Waals surface area contributed by atoms with Gasteiger partial charge in [-0.2, -0.15) is 0 Å². The Hall–Kier alpha value is -6.35. The molecule has 0 bridgehead atoms. The lowest BCUT2D eigenvalue weighted by Crippen LogP contribution is -2.61. The number of fused-ring (bicyclic) bond motifs is 3. The number of amides is 1. The summed E-state index contributed by atoms with van der Waals surface area (Å²) in [6.45, 7) is -0.369. The van der Waals surface area contributed by atoms with E-state index in [1.165, 1.54) is 38.3 Å². The van der Waals surface area contributed by atoms with Gasteiger partial charge in [0.1, 0.15) is 60.5 Å². The van der Waals surface area contributed by atoms with Crippen LogP contribution < -0.4 is 14.8 Å². The first-order chi connectivity index (χ1) is 30.7. The fourth-order valence-electron chi connectivity index (χ4n) is 8.37. The van der Waals surface area contributed by atoms with E-state index in [-0.39, 0.29) is 40.0 Å². The molecule has 24 heteroatoms. The number of ketones is 3. The predicted octanol–water partition coefficient (Wildman–Crippen LogP) is -0.852. The Morgan fingerprint density at radius 3 is 2.31 bits per heavy atom. The maximum absolute atomic E-state index is 14.0. The van der Waals surface area contributed by atoms with Gasteiger partial charge in [-0.05, 0) is 24.6 Å². The number of phenolic OH excluding ortho intramolecular Hbond substituents is 2. The predicted molar refractivity (Wildman–Crippen MR) is 209 cm³/mol. The van der Waals surface area contributed by atoms with E-state index < -0.39 is 161 Å². The number of rotatable bonds is 12. The number of aliphatic hydroxyl groups is 6. The van der Waals surface area contributed by atoms with Crippen LogP contribution in [0.3, 0.4) is 0 Å². The molecule has 2 saturated heterocycles. The first-order valence-corrected chi connectivity index (χ1v) is 19.7. The molecule has 7 rings (SSSR count). The number of methoxy groups -OCH3 is 1. The Kier molecular flexibility index (Phi) is 12.8. The number of nitrogens with one attached hydrogen (secondary N) is 1. The van der Waals surface area contributed by atoms with Gasteiger partial charge >= 0.3 is 17.7 Å². The molecule has 2 aliphatic heterocycles. The molecule has 3 aromatic rings. The van der Waals surface area contributed by atoms with Crippen LogP contribution in [0.2, 0.25) is 0 Å². The molecule has 0 unspecified atom stereocenters. The number of hydrogen-bond acceptors (Lipinski definition) is 21. The van der Waals surface area contributed by atoms with Gasteiger partial charge < -0.3 is 79.7 Å². The molecule has 0 saturated carbocycles. The molecule has 0 radical (unpaired) electrons. The molecule has 65 heavy (non-hydrogen) atoms. The zero-order chi connectivity index (χ0) is 47.4. The van der Waals surface area contributed by atoms with Gasteiger partial charge in [0.2, 0.25) is 12.1 Å². The van der Waals surface area contributed by atoms with Crippen LogP contribution in [0.5, 0.6) is 23.0 Å². The van der Waals surface area contributed by atoms with E-state index in [1.807, 2.05) is 0 Å². The number of nitro groups is 1. The van der Waals surface area contributed by atoms with Crippen LogP contribution in [0.1, 0.15) is 74.4 Å². The number of carbonyl (C=O) groups excluding carboxylic acids is 4. The molecule has 1 amide bonds. The Labute approximate surface area is 365 Å². The molecule has 2 heterocycles. The lowest BCUT2D eigenvalue weighted by Gasteiger charge is -2.42. The van der Waals surface area contributed by atoms with Crippen molar-refractivity contribution in [2.24, 2.45) is 0 Å². The summed E-state index contributed by atoms with van der Waals surface area (Å²) in [5, 5.41) is 110. The second kappa shape index (κ2) is 17.9. The fraction of sp³-hybridized carbons (Fsp3) is 0.439. The van der Waals surface area contributed by atoms with Crippen molar-refractivity contribution < 1.29 is 103 Å². The van der Waals surface area contributed by atoms with Crippen LogP contribution in [0, 0.1) is 10.1 Å². The highest BCUT2D eigenvalue weighted by Gasteiger charge is 2.51. The number of hydrogen-bond donors (Lipinski definition) is 10. The molecule has 10 N–H and O–H groups in total. The van der Waals surface area contributed by atoms with Crippen molar-refractivity contribution in [3.05, 3.63) is 85.5 Å². The third-order valence-electron chi connectivity index (χ3n) is 11.7. The topological polar surface area (TPSA) is 378 Å². The highest BCUT2D eigenvalue weighted by Crippen LogP contribution is 2.52. The highest BCUT2D eigenvalue weighted by atomic mass is 16.7. The average Bonchev–Trinajstić information content (AvgIpc) is 3.27. The summed E-state index contributed by atoms with van der Waals surface area (Å²) in [4.78, 5) is 76.3. The van der Waals surface area contributed by atoms with Gasteiger partial charge in [-0.3, -0.25) is 24.5 Å². The van der Waals surface area contributed by atoms with Crippen LogP contribution in [-0.4, -0.2) is 155 Å². The Morgan fingerprint density at radius 1 is 0.938 bits per heavy atom. The number of aliphatic hydroxyl groups excluding tert-OH is 5. The van der Waals surface area contributed by atoms with Crippen molar-refractivity contribution in [2.45, 2.75) is 99.7 Å². The lowest BCUT2D eigenvalue weighted by molar-refractivity contribution is -0.387. The summed E-state index contributed by atoms with van der Waals surface area (Å²) in [5.74, 6) is -6.81. The lowest BCUT2D eigenvalue weighted by atomic mass is 9.72. The normalized spacial score (nSPS) is 29.4. The standard InChI is InChI=1S/C41H42N2O22/c1-14-29(46)18(42-40(56)61-13-15-6-7-20(19(8-15)43(58)59)64-39-36(53)34(51)35(52)37(65-39)38(54)55)9-24(62-14)63-22-11-41(57,23(45)12-44)10-17-26(22)33(50)28-27(31(17)48)30(47)16-4-3-5-21(60-2)25(16)32(28)49/h3-8,14,18,22,24,29,34-37,39,44,46,48,50-53,57H,9-13H2,1-2H3,(H,42,56)(H,54,55)/t14-,18-,22-,24-,29+,34-,35-,36+,37-,39-,41-/m0/s1. The number of nitro benzene ring substituents is 1. The summed E-state index contributed by atoms with van der Waals surface area (Å²) in [6.07, 6.45) is -18.6. The molecular formula is C41H42N2O22. The number of aromatic hydroxyl groups is 2. The van der Waals surface area contributed by atoms with Gasteiger partial charge in [0.05, 0.1) is 47.0 Å². The van der Waals surface area contributed by atoms with Crippen LogP contribution in [0.25, 0.3) is 0 Å². The molecule has 24 nitrogen and oxygen atoms in total. The fourth-order valence-corrected chi connectivity index (χ4v) is 8.37. The van der Waals surface area contributed by atoms with Crippen LogP contribution in [0.15, 0.2) is 36.4 Å². The number of phenols is 2. The minimum atomic E-state index is -2.45. The summed E-state index contributed by atoms with van der Waals surface area (Å²) >= 11 is 0. The number of carboxylic acid groups (broad SMARTS) is 1. The number of ether oxygens (including phenoxy) is 6. The third-order valence-corrected chi connectivity index (χ3v) is 11.7. The summed E-state index contributed by atoms with van der Waals surface area (Å²) in [5.41, 5.74) is -5.40. The van der Waals surface area contributed by atoms with Crippen molar-refractivity contribution >= 4 is 35.1 Å². The molecule has 3 aromatic carbocycles. The Balaban J connectivity index is 1.09. The Bertz CT molecular complexity index is 2460. The summed E-state index contributed by atoms with van der Waals surface area (Å²) in [6, 6.07) is 6.08. The third kappa shape index (κ3) is 8.42. The molecule has 11 atom stereocenters. The van der Waals surface area contributed by atoms with Crippen LogP contribution in [0.4, 0.5) is 10.5 Å². The molecule has 4 aliphatic rings. The SMILES string of the molecule is COc1cccc2c1C(=O)c1c(O)c3c(c(O)c1C2=O)C[C@@](O)(C(=O)CO)C[C@@H]3O[C@H]1C[C@H](NC(=O)OCc2ccc(O[C@H]3O[C@H](C(=O)O)[C@@H](O)[C@H](O)[C@H]3O)c([N+](=O)[O-])c2)[C@H](O)[C@H](C)O1. The summed E-state index contributed by atoms with van der Waals surface area (Å²) < 4.78 is 32.9. The molecule has 2 fully saturated rings. The zero-order valence-corrected chi connectivity index (χ0v) is 34.1. The van der Waals surface area contributed by atoms with E-state index in [0.717, 1.165) is 12.1 Å². The second-order valence-corrected chi connectivity index (χ2v) is 15.7. The molecule has 0 spiro atoms. The van der Waals surface area contributed by atoms with Gasteiger partial charge in [-0.25, -0.2) is 9.59 Å². The number of carboxylic acids is 1. The second-order valence-electron chi connectivity index (χ2n) is 15.7. The largest absolute Gasteiger partial charge is 0.507 e. The van der Waals surface area contributed by atoms with Crippen molar-refractivity contribution in [1.82, 2.24) is 5.32 Å². The minimum Gasteiger partial charge on any atom is -0.507 e. The van der Waals surface area contributed by atoms with E-state index >= 15 is 0 Å². The highest BCUT2D eigenvalue weighted by molar-refractivity contribution is 6.31. The number of benzene rings is 3. The van der Waals surface area contributed by atoms with E-state index in [2.05, 4.69) is 5.32 Å². The van der Waals surface area contributed by atoms with E-state index in [0.29, 0.717) is 0 Å². The first kappa shape index (κ1) is 46.6.